The molecule has 2 aromatic rings. The summed E-state index contributed by atoms with van der Waals surface area (Å²) in [4.78, 5) is 15.2. The van der Waals surface area contributed by atoms with Crippen LogP contribution in [0.1, 0.15) is 33.5 Å². The van der Waals surface area contributed by atoms with Gasteiger partial charge in [0, 0.05) is 22.8 Å². The molecule has 0 bridgehead atoms. The summed E-state index contributed by atoms with van der Waals surface area (Å²) in [5, 5.41) is 0. The molecule has 0 spiro atoms. The molecule has 1 amide bonds. The molecule has 0 saturated heterocycles. The average molecular weight is 422 g/mol. The first-order chi connectivity index (χ1) is 11.7. The predicted octanol–water partition coefficient (Wildman–Crippen LogP) is 4.06. The highest BCUT2D eigenvalue weighted by Crippen LogP contribution is 2.34. The van der Waals surface area contributed by atoms with E-state index in [1.807, 2.05) is 19.9 Å². The van der Waals surface area contributed by atoms with Crippen molar-refractivity contribution in [2.75, 3.05) is 17.7 Å². The highest BCUT2D eigenvalue weighted by molar-refractivity contribution is 9.10. The monoisotopic (exact) mass is 421 g/mol. The number of amides is 1. The minimum Gasteiger partial charge on any atom is -0.308 e. The van der Waals surface area contributed by atoms with Crippen LogP contribution in [-0.4, -0.2) is 27.1 Å². The molecular weight excluding hydrogens is 402 g/mol. The molecule has 0 fully saturated rings. The van der Waals surface area contributed by atoms with Crippen LogP contribution < -0.4 is 4.90 Å². The smallest absolute Gasteiger partial charge is 0.258 e. The maximum Gasteiger partial charge on any atom is 0.258 e. The number of rotatable bonds is 2. The molecule has 1 aliphatic rings. The normalized spacial score (nSPS) is 14.3. The zero-order valence-electron chi connectivity index (χ0n) is 14.5. The Morgan fingerprint density at radius 2 is 1.84 bits per heavy atom. The minimum atomic E-state index is -3.36. The largest absolute Gasteiger partial charge is 0.308 e. The lowest BCUT2D eigenvalue weighted by Gasteiger charge is -2.32. The van der Waals surface area contributed by atoms with E-state index in [2.05, 4.69) is 22.0 Å². The molecule has 2 aromatic carbocycles. The van der Waals surface area contributed by atoms with Gasteiger partial charge in [-0.2, -0.15) is 0 Å². The second kappa shape index (κ2) is 6.57. The van der Waals surface area contributed by atoms with Crippen molar-refractivity contribution in [2.24, 2.45) is 0 Å². The number of hydrogen-bond acceptors (Lipinski definition) is 3. The lowest BCUT2D eigenvalue weighted by Crippen LogP contribution is -2.36. The highest BCUT2D eigenvalue weighted by Gasteiger charge is 2.27. The summed E-state index contributed by atoms with van der Waals surface area (Å²) < 4.78 is 24.7. The molecule has 0 saturated carbocycles. The van der Waals surface area contributed by atoms with Crippen molar-refractivity contribution in [1.29, 1.82) is 0 Å². The summed E-state index contributed by atoms with van der Waals surface area (Å²) in [6, 6.07) is 8.80. The van der Waals surface area contributed by atoms with E-state index in [1.165, 1.54) is 6.07 Å². The third-order valence-electron chi connectivity index (χ3n) is 4.55. The van der Waals surface area contributed by atoms with Gasteiger partial charge in [-0.3, -0.25) is 4.79 Å². The first-order valence-electron chi connectivity index (χ1n) is 8.10. The number of carbonyl (C=O) groups is 1. The van der Waals surface area contributed by atoms with Crippen molar-refractivity contribution < 1.29 is 13.2 Å². The van der Waals surface area contributed by atoms with Gasteiger partial charge in [0.25, 0.3) is 5.91 Å². The molecule has 0 radical (unpaired) electrons. The molecule has 25 heavy (non-hydrogen) atoms. The molecule has 1 aliphatic heterocycles. The van der Waals surface area contributed by atoms with Crippen LogP contribution in [0.4, 0.5) is 5.69 Å². The first-order valence-corrected chi connectivity index (χ1v) is 10.8. The Balaban J connectivity index is 2.10. The third-order valence-corrected chi connectivity index (χ3v) is 6.12. The summed E-state index contributed by atoms with van der Waals surface area (Å²) in [6.45, 7) is 4.46. The summed E-state index contributed by atoms with van der Waals surface area (Å²) >= 11 is 3.52. The first kappa shape index (κ1) is 18.1. The lowest BCUT2D eigenvalue weighted by atomic mass is 9.97. The Morgan fingerprint density at radius 3 is 2.52 bits per heavy atom. The Morgan fingerprint density at radius 1 is 1.12 bits per heavy atom. The van der Waals surface area contributed by atoms with Crippen LogP contribution in [0.5, 0.6) is 0 Å². The zero-order chi connectivity index (χ0) is 18.4. The number of sulfone groups is 1. The third kappa shape index (κ3) is 3.51. The fourth-order valence-corrected chi connectivity index (χ4v) is 4.60. The molecule has 0 atom stereocenters. The molecule has 0 aromatic heterocycles. The average Bonchev–Trinajstić information content (AvgIpc) is 2.52. The summed E-state index contributed by atoms with van der Waals surface area (Å²) in [5.41, 5.74) is 4.35. The van der Waals surface area contributed by atoms with Gasteiger partial charge in [-0.15, -0.1) is 0 Å². The molecule has 0 aliphatic carbocycles. The van der Waals surface area contributed by atoms with E-state index in [9.17, 15) is 13.2 Å². The maximum absolute atomic E-state index is 13.2. The van der Waals surface area contributed by atoms with E-state index >= 15 is 0 Å². The van der Waals surface area contributed by atoms with Gasteiger partial charge in [0.1, 0.15) is 0 Å². The maximum atomic E-state index is 13.2. The topological polar surface area (TPSA) is 54.5 Å². The zero-order valence-corrected chi connectivity index (χ0v) is 16.9. The van der Waals surface area contributed by atoms with E-state index in [1.54, 1.807) is 17.0 Å². The number of halogens is 1. The van der Waals surface area contributed by atoms with E-state index in [4.69, 9.17) is 0 Å². The van der Waals surface area contributed by atoms with Crippen LogP contribution in [-0.2, 0) is 16.3 Å². The minimum absolute atomic E-state index is 0.144. The van der Waals surface area contributed by atoms with Gasteiger partial charge in [0.15, 0.2) is 9.84 Å². The fraction of sp³-hybridized carbons (Fsp3) is 0.316. The van der Waals surface area contributed by atoms with Crippen molar-refractivity contribution in [1.82, 2.24) is 0 Å². The molecule has 0 unspecified atom stereocenters. The Labute approximate surface area is 156 Å². The SMILES string of the molecule is Cc1ccc(S(C)(=O)=O)cc1C(=O)N1CCCc2cc(Br)cc(C)c21. The molecule has 4 nitrogen and oxygen atoms in total. The number of carbonyl (C=O) groups excluding carboxylic acids is 1. The van der Waals surface area contributed by atoms with Gasteiger partial charge in [-0.1, -0.05) is 22.0 Å². The van der Waals surface area contributed by atoms with Gasteiger partial charge in [0.2, 0.25) is 0 Å². The number of benzene rings is 2. The van der Waals surface area contributed by atoms with Crippen LogP contribution >= 0.6 is 15.9 Å². The van der Waals surface area contributed by atoms with Crippen LogP contribution in [0.25, 0.3) is 0 Å². The molecular formula is C19H20BrNO3S. The van der Waals surface area contributed by atoms with Crippen LogP contribution in [0.2, 0.25) is 0 Å². The molecule has 3 rings (SSSR count). The molecule has 6 heteroatoms. The van der Waals surface area contributed by atoms with Crippen molar-refractivity contribution >= 4 is 37.4 Å². The van der Waals surface area contributed by atoms with Gasteiger partial charge < -0.3 is 4.90 Å². The Kier molecular flexibility index (Phi) is 4.77. The van der Waals surface area contributed by atoms with Crippen molar-refractivity contribution in [2.45, 2.75) is 31.6 Å². The number of hydrogen-bond donors (Lipinski definition) is 0. The van der Waals surface area contributed by atoms with Crippen molar-refractivity contribution in [3.63, 3.8) is 0 Å². The van der Waals surface area contributed by atoms with Crippen LogP contribution in [0.15, 0.2) is 39.7 Å². The number of aryl methyl sites for hydroxylation is 3. The van der Waals surface area contributed by atoms with Gasteiger partial charge in [-0.25, -0.2) is 8.42 Å². The molecule has 1 heterocycles. The molecule has 132 valence electrons. The second-order valence-corrected chi connectivity index (χ2v) is 9.47. The molecule has 0 N–H and O–H groups in total. The summed E-state index contributed by atoms with van der Waals surface area (Å²) in [7, 11) is -3.36. The van der Waals surface area contributed by atoms with Crippen molar-refractivity contribution in [3.05, 3.63) is 57.1 Å². The second-order valence-electron chi connectivity index (χ2n) is 6.54. The fourth-order valence-electron chi connectivity index (χ4n) is 3.33. The standard InChI is InChI=1S/C19H20BrNO3S/c1-12-6-7-16(25(3,23)24)11-17(12)19(22)21-8-4-5-14-10-15(20)9-13(2)18(14)21/h6-7,9-11H,4-5,8H2,1-3H3. The van der Waals surface area contributed by atoms with Crippen LogP contribution in [0.3, 0.4) is 0 Å². The van der Waals surface area contributed by atoms with Crippen molar-refractivity contribution in [3.8, 4) is 0 Å². The van der Waals surface area contributed by atoms with E-state index in [0.29, 0.717) is 12.1 Å². The quantitative estimate of drug-likeness (QED) is 0.734. The van der Waals surface area contributed by atoms with Gasteiger partial charge in [-0.05, 0) is 67.6 Å². The Hall–Kier alpha value is -1.66. The highest BCUT2D eigenvalue weighted by atomic mass is 79.9. The summed E-state index contributed by atoms with van der Waals surface area (Å²) in [6.07, 6.45) is 2.98. The Bertz CT molecular complexity index is 967. The van der Waals surface area contributed by atoms with E-state index in [-0.39, 0.29) is 10.8 Å². The number of fused-ring (bicyclic) bond motifs is 1. The summed E-state index contributed by atoms with van der Waals surface area (Å²) in [5.74, 6) is -0.144. The van der Waals surface area contributed by atoms with Gasteiger partial charge in [0.05, 0.1) is 10.6 Å². The predicted molar refractivity (Wildman–Crippen MR) is 103 cm³/mol. The van der Waals surface area contributed by atoms with Gasteiger partial charge >= 0.3 is 0 Å². The lowest BCUT2D eigenvalue weighted by molar-refractivity contribution is 0.0984. The van der Waals surface area contributed by atoms with E-state index in [0.717, 1.165) is 45.9 Å². The van der Waals surface area contributed by atoms with E-state index < -0.39 is 9.84 Å². The van der Waals surface area contributed by atoms with Crippen LogP contribution in [0, 0.1) is 13.8 Å². The number of nitrogens with zero attached hydrogens (tertiary/aromatic N) is 1. The number of anilines is 1.